The Labute approximate surface area is 122 Å². The molecule has 1 amide bonds. The van der Waals surface area contributed by atoms with Gasteiger partial charge in [-0.3, -0.25) is 4.79 Å². The number of aryl methyl sites for hydroxylation is 1. The number of halogens is 1. The highest BCUT2D eigenvalue weighted by Crippen LogP contribution is 2.19. The first-order chi connectivity index (χ1) is 10.1. The number of nitrogen functional groups attached to an aromatic ring is 1. The normalized spacial score (nSPS) is 10.2. The lowest BCUT2D eigenvalue weighted by molar-refractivity contribution is -0.116. The summed E-state index contributed by atoms with van der Waals surface area (Å²) in [6.07, 6.45) is 0.127. The standard InChI is InChI=1S/C16H17FN2O2/c1-11-4-2-7-14(16(11)17)21-9-8-15(20)19-13-6-3-5-12(18)10-13/h2-7,10H,8-9,18H2,1H3,(H,19,20). The van der Waals surface area contributed by atoms with Crippen LogP contribution < -0.4 is 15.8 Å². The molecule has 0 saturated heterocycles. The van der Waals surface area contributed by atoms with E-state index in [1.165, 1.54) is 6.07 Å². The van der Waals surface area contributed by atoms with E-state index in [2.05, 4.69) is 5.32 Å². The molecule has 0 aliphatic heterocycles. The summed E-state index contributed by atoms with van der Waals surface area (Å²) in [4.78, 5) is 11.7. The molecule has 2 rings (SSSR count). The van der Waals surface area contributed by atoms with Gasteiger partial charge in [0.2, 0.25) is 5.91 Å². The summed E-state index contributed by atoms with van der Waals surface area (Å²) >= 11 is 0. The minimum Gasteiger partial charge on any atom is -0.490 e. The third-order valence-corrected chi connectivity index (χ3v) is 2.91. The third kappa shape index (κ3) is 4.21. The lowest BCUT2D eigenvalue weighted by Gasteiger charge is -2.09. The molecule has 2 aromatic rings. The highest BCUT2D eigenvalue weighted by Gasteiger charge is 2.07. The van der Waals surface area contributed by atoms with Crippen molar-refractivity contribution >= 4 is 17.3 Å². The van der Waals surface area contributed by atoms with Crippen molar-refractivity contribution in [3.05, 3.63) is 53.8 Å². The minimum atomic E-state index is -0.395. The molecule has 0 atom stereocenters. The zero-order chi connectivity index (χ0) is 15.2. The molecule has 21 heavy (non-hydrogen) atoms. The van der Waals surface area contributed by atoms with Crippen LogP contribution in [-0.4, -0.2) is 12.5 Å². The van der Waals surface area contributed by atoms with Crippen molar-refractivity contribution in [2.45, 2.75) is 13.3 Å². The van der Waals surface area contributed by atoms with Crippen LogP contribution in [0.15, 0.2) is 42.5 Å². The molecule has 0 spiro atoms. The van der Waals surface area contributed by atoms with Crippen LogP contribution in [0.5, 0.6) is 5.75 Å². The number of benzene rings is 2. The molecule has 4 nitrogen and oxygen atoms in total. The van der Waals surface area contributed by atoms with Crippen LogP contribution in [-0.2, 0) is 4.79 Å². The molecule has 3 N–H and O–H groups in total. The first kappa shape index (κ1) is 14.8. The van der Waals surface area contributed by atoms with Gasteiger partial charge in [-0.25, -0.2) is 4.39 Å². The average Bonchev–Trinajstić information content (AvgIpc) is 2.43. The van der Waals surface area contributed by atoms with Crippen LogP contribution in [0, 0.1) is 12.7 Å². The van der Waals surface area contributed by atoms with Gasteiger partial charge in [0.05, 0.1) is 13.0 Å². The SMILES string of the molecule is Cc1cccc(OCCC(=O)Nc2cccc(N)c2)c1F. The first-order valence-electron chi connectivity index (χ1n) is 6.59. The number of hydrogen-bond acceptors (Lipinski definition) is 3. The van der Waals surface area contributed by atoms with E-state index in [4.69, 9.17) is 10.5 Å². The maximum Gasteiger partial charge on any atom is 0.227 e. The number of ether oxygens (including phenoxy) is 1. The van der Waals surface area contributed by atoms with Crippen molar-refractivity contribution < 1.29 is 13.9 Å². The van der Waals surface area contributed by atoms with E-state index in [9.17, 15) is 9.18 Å². The molecule has 0 aliphatic carbocycles. The number of carbonyl (C=O) groups is 1. The Bertz CT molecular complexity index is 644. The van der Waals surface area contributed by atoms with Gasteiger partial charge in [-0.1, -0.05) is 18.2 Å². The zero-order valence-electron chi connectivity index (χ0n) is 11.7. The van der Waals surface area contributed by atoms with Crippen molar-refractivity contribution in [2.75, 3.05) is 17.7 Å². The summed E-state index contributed by atoms with van der Waals surface area (Å²) in [5.74, 6) is -0.450. The number of carbonyl (C=O) groups excluding carboxylic acids is 1. The van der Waals surface area contributed by atoms with Crippen LogP contribution in [0.1, 0.15) is 12.0 Å². The summed E-state index contributed by atoms with van der Waals surface area (Å²) in [5, 5.41) is 2.70. The van der Waals surface area contributed by atoms with Gasteiger partial charge in [-0.2, -0.15) is 0 Å². The monoisotopic (exact) mass is 288 g/mol. The van der Waals surface area contributed by atoms with E-state index in [0.29, 0.717) is 16.9 Å². The number of rotatable bonds is 5. The van der Waals surface area contributed by atoms with E-state index in [1.807, 2.05) is 0 Å². The third-order valence-electron chi connectivity index (χ3n) is 2.91. The Morgan fingerprint density at radius 1 is 1.29 bits per heavy atom. The molecular formula is C16H17FN2O2. The summed E-state index contributed by atoms with van der Waals surface area (Å²) in [6, 6.07) is 11.8. The summed E-state index contributed by atoms with van der Waals surface area (Å²) in [6.45, 7) is 1.77. The van der Waals surface area contributed by atoms with Crippen LogP contribution in [0.4, 0.5) is 15.8 Å². The molecule has 0 aromatic heterocycles. The van der Waals surface area contributed by atoms with E-state index < -0.39 is 5.82 Å². The highest BCUT2D eigenvalue weighted by atomic mass is 19.1. The number of hydrogen-bond donors (Lipinski definition) is 2. The van der Waals surface area contributed by atoms with Gasteiger partial charge in [0.15, 0.2) is 11.6 Å². The molecule has 2 aromatic carbocycles. The van der Waals surface area contributed by atoms with Crippen LogP contribution in [0.3, 0.4) is 0 Å². The lowest BCUT2D eigenvalue weighted by Crippen LogP contribution is -2.15. The lowest BCUT2D eigenvalue weighted by atomic mass is 10.2. The molecule has 0 saturated carbocycles. The Morgan fingerprint density at radius 2 is 2.05 bits per heavy atom. The van der Waals surface area contributed by atoms with Gasteiger partial charge >= 0.3 is 0 Å². The molecular weight excluding hydrogens is 271 g/mol. The van der Waals surface area contributed by atoms with Gasteiger partial charge in [0.25, 0.3) is 0 Å². The second-order valence-corrected chi connectivity index (χ2v) is 4.66. The molecule has 0 heterocycles. The van der Waals surface area contributed by atoms with Gasteiger partial charge in [0, 0.05) is 11.4 Å². The van der Waals surface area contributed by atoms with E-state index in [1.54, 1.807) is 43.3 Å². The smallest absolute Gasteiger partial charge is 0.227 e. The fourth-order valence-electron chi connectivity index (χ4n) is 1.83. The van der Waals surface area contributed by atoms with Crippen molar-refractivity contribution in [3.63, 3.8) is 0 Å². The Balaban J connectivity index is 1.83. The van der Waals surface area contributed by atoms with E-state index >= 15 is 0 Å². The summed E-state index contributed by atoms with van der Waals surface area (Å²) in [7, 11) is 0. The molecule has 0 aliphatic rings. The van der Waals surface area contributed by atoms with Crippen molar-refractivity contribution in [1.82, 2.24) is 0 Å². The average molecular weight is 288 g/mol. The predicted octanol–water partition coefficient (Wildman–Crippen LogP) is 3.12. The Morgan fingerprint density at radius 3 is 2.81 bits per heavy atom. The predicted molar refractivity (Wildman–Crippen MR) is 80.7 cm³/mol. The van der Waals surface area contributed by atoms with E-state index in [0.717, 1.165) is 0 Å². The number of nitrogens with two attached hydrogens (primary N) is 1. The van der Waals surface area contributed by atoms with Gasteiger partial charge in [0.1, 0.15) is 0 Å². The molecule has 0 radical (unpaired) electrons. The van der Waals surface area contributed by atoms with Crippen LogP contribution >= 0.6 is 0 Å². The maximum absolute atomic E-state index is 13.7. The maximum atomic E-state index is 13.7. The molecule has 5 heteroatoms. The topological polar surface area (TPSA) is 64.3 Å². The number of nitrogens with one attached hydrogen (secondary N) is 1. The van der Waals surface area contributed by atoms with Crippen LogP contribution in [0.25, 0.3) is 0 Å². The van der Waals surface area contributed by atoms with Gasteiger partial charge < -0.3 is 15.8 Å². The molecule has 0 fully saturated rings. The van der Waals surface area contributed by atoms with Crippen molar-refractivity contribution in [2.24, 2.45) is 0 Å². The Hall–Kier alpha value is -2.56. The van der Waals surface area contributed by atoms with E-state index in [-0.39, 0.29) is 24.7 Å². The van der Waals surface area contributed by atoms with Gasteiger partial charge in [-0.05, 0) is 36.8 Å². The summed E-state index contributed by atoms with van der Waals surface area (Å²) < 4.78 is 19.0. The zero-order valence-corrected chi connectivity index (χ0v) is 11.7. The minimum absolute atomic E-state index is 0.106. The second-order valence-electron chi connectivity index (χ2n) is 4.66. The largest absolute Gasteiger partial charge is 0.490 e. The highest BCUT2D eigenvalue weighted by molar-refractivity contribution is 5.91. The summed E-state index contributed by atoms with van der Waals surface area (Å²) in [5.41, 5.74) is 7.34. The van der Waals surface area contributed by atoms with Gasteiger partial charge in [-0.15, -0.1) is 0 Å². The fraction of sp³-hybridized carbons (Fsp3) is 0.188. The quantitative estimate of drug-likeness (QED) is 0.831. The molecule has 110 valence electrons. The second kappa shape index (κ2) is 6.74. The Kier molecular flexibility index (Phi) is 4.77. The fourth-order valence-corrected chi connectivity index (χ4v) is 1.83. The van der Waals surface area contributed by atoms with Crippen molar-refractivity contribution in [1.29, 1.82) is 0 Å². The molecule has 0 bridgehead atoms. The van der Waals surface area contributed by atoms with Crippen LogP contribution in [0.2, 0.25) is 0 Å². The van der Waals surface area contributed by atoms with Crippen molar-refractivity contribution in [3.8, 4) is 5.75 Å². The first-order valence-corrected chi connectivity index (χ1v) is 6.59. The number of amides is 1. The molecule has 0 unspecified atom stereocenters. The number of anilines is 2.